The fourth-order valence-corrected chi connectivity index (χ4v) is 4.27. The van der Waals surface area contributed by atoms with Gasteiger partial charge in [-0.3, -0.25) is 4.79 Å². The van der Waals surface area contributed by atoms with Gasteiger partial charge in [0.1, 0.15) is 0 Å². The number of hydrogen-bond acceptors (Lipinski definition) is 1. The van der Waals surface area contributed by atoms with E-state index in [0.717, 1.165) is 16.4 Å². The van der Waals surface area contributed by atoms with E-state index < -0.39 is 0 Å². The van der Waals surface area contributed by atoms with E-state index in [2.05, 4.69) is 0 Å². The van der Waals surface area contributed by atoms with Gasteiger partial charge in [0.2, 0.25) is 0 Å². The molecule has 3 aromatic carbocycles. The lowest BCUT2D eigenvalue weighted by Gasteiger charge is -2.10. The molecule has 0 aliphatic rings. The minimum absolute atomic E-state index is 0.0350. The summed E-state index contributed by atoms with van der Waals surface area (Å²) in [7, 11) is -0.0350. The molecule has 0 aliphatic carbocycles. The summed E-state index contributed by atoms with van der Waals surface area (Å²) < 4.78 is 0. The standard InChI is InChI=1S/C19H13Cl2OP/c20-15-10-6-11-16(21)18(15)19(22)23-17-12-5-4-9-14(17)13-7-2-1-3-8-13/h1-12,23H. The molecule has 0 saturated heterocycles. The third-order valence-electron chi connectivity index (χ3n) is 3.45. The van der Waals surface area contributed by atoms with Crippen molar-refractivity contribution in [3.05, 3.63) is 88.4 Å². The number of carbonyl (C=O) groups is 1. The summed E-state index contributed by atoms with van der Waals surface area (Å²) in [5.41, 5.74) is 2.50. The van der Waals surface area contributed by atoms with E-state index in [4.69, 9.17) is 23.2 Å². The van der Waals surface area contributed by atoms with Gasteiger partial charge in [-0.2, -0.15) is 0 Å². The van der Waals surface area contributed by atoms with Crippen molar-refractivity contribution in [2.45, 2.75) is 0 Å². The molecule has 0 amide bonds. The molecule has 0 saturated carbocycles. The van der Waals surface area contributed by atoms with Gasteiger partial charge in [0.05, 0.1) is 15.6 Å². The maximum Gasteiger partial charge on any atom is 0.188 e. The maximum atomic E-state index is 12.7. The summed E-state index contributed by atoms with van der Waals surface area (Å²) in [6.07, 6.45) is 0. The predicted molar refractivity (Wildman–Crippen MR) is 101 cm³/mol. The second kappa shape index (κ2) is 7.27. The highest BCUT2D eigenvalue weighted by atomic mass is 35.5. The van der Waals surface area contributed by atoms with E-state index in [0.29, 0.717) is 15.6 Å². The lowest BCUT2D eigenvalue weighted by Crippen LogP contribution is -2.05. The first kappa shape index (κ1) is 16.2. The van der Waals surface area contributed by atoms with Crippen molar-refractivity contribution in [3.63, 3.8) is 0 Å². The van der Waals surface area contributed by atoms with Crippen LogP contribution in [0, 0.1) is 0 Å². The quantitative estimate of drug-likeness (QED) is 0.538. The zero-order valence-corrected chi connectivity index (χ0v) is 14.6. The van der Waals surface area contributed by atoms with Crippen molar-refractivity contribution in [2.24, 2.45) is 0 Å². The molecular formula is C19H13Cl2OP. The van der Waals surface area contributed by atoms with E-state index in [1.54, 1.807) is 18.2 Å². The maximum absolute atomic E-state index is 12.7. The Balaban J connectivity index is 1.97. The van der Waals surface area contributed by atoms with Crippen molar-refractivity contribution < 1.29 is 4.79 Å². The van der Waals surface area contributed by atoms with Gasteiger partial charge in [0, 0.05) is 0 Å². The summed E-state index contributed by atoms with van der Waals surface area (Å²) in [6.45, 7) is 0. The second-order valence-electron chi connectivity index (χ2n) is 4.96. The summed E-state index contributed by atoms with van der Waals surface area (Å²) >= 11 is 12.3. The Morgan fingerprint density at radius 1 is 0.739 bits per heavy atom. The molecule has 1 nitrogen and oxygen atoms in total. The molecule has 0 heterocycles. The Kier molecular flexibility index (Phi) is 5.13. The first-order valence-corrected chi connectivity index (χ1v) is 8.82. The van der Waals surface area contributed by atoms with Crippen molar-refractivity contribution in [1.82, 2.24) is 0 Å². The van der Waals surface area contributed by atoms with Gasteiger partial charge in [0.25, 0.3) is 0 Å². The molecule has 23 heavy (non-hydrogen) atoms. The molecule has 0 N–H and O–H groups in total. The first-order chi connectivity index (χ1) is 11.2. The average molecular weight is 359 g/mol. The largest absolute Gasteiger partial charge is 0.289 e. The topological polar surface area (TPSA) is 17.1 Å². The number of benzene rings is 3. The fraction of sp³-hybridized carbons (Fsp3) is 0. The van der Waals surface area contributed by atoms with Gasteiger partial charge < -0.3 is 0 Å². The highest BCUT2D eigenvalue weighted by Crippen LogP contribution is 2.32. The van der Waals surface area contributed by atoms with Gasteiger partial charge in [0.15, 0.2) is 5.52 Å². The molecule has 3 aromatic rings. The van der Waals surface area contributed by atoms with Crippen LogP contribution >= 0.6 is 31.8 Å². The number of rotatable bonds is 4. The predicted octanol–water partition coefficient (Wildman–Crippen LogP) is 5.80. The van der Waals surface area contributed by atoms with Crippen LogP contribution in [-0.4, -0.2) is 5.52 Å². The molecule has 0 fully saturated rings. The summed E-state index contributed by atoms with van der Waals surface area (Å²) in [5.74, 6) is 0. The van der Waals surface area contributed by atoms with E-state index >= 15 is 0 Å². The molecule has 114 valence electrons. The first-order valence-electron chi connectivity index (χ1n) is 7.06. The highest BCUT2D eigenvalue weighted by molar-refractivity contribution is 7.66. The summed E-state index contributed by atoms with van der Waals surface area (Å²) in [6, 6.07) is 23.1. The molecule has 0 spiro atoms. The van der Waals surface area contributed by atoms with E-state index in [-0.39, 0.29) is 14.1 Å². The van der Waals surface area contributed by atoms with Crippen molar-refractivity contribution in [2.75, 3.05) is 0 Å². The zero-order chi connectivity index (χ0) is 16.2. The summed E-state index contributed by atoms with van der Waals surface area (Å²) in [5, 5.41) is 1.78. The average Bonchev–Trinajstić information content (AvgIpc) is 2.56. The molecule has 4 heteroatoms. The normalized spacial score (nSPS) is 11.0. The minimum atomic E-state index is -0.0519. The van der Waals surface area contributed by atoms with Crippen LogP contribution in [0.4, 0.5) is 0 Å². The molecule has 1 atom stereocenters. The van der Waals surface area contributed by atoms with Crippen LogP contribution in [0.2, 0.25) is 10.0 Å². The van der Waals surface area contributed by atoms with Gasteiger partial charge in [-0.1, -0.05) is 83.9 Å². The monoisotopic (exact) mass is 358 g/mol. The molecule has 0 bridgehead atoms. The highest BCUT2D eigenvalue weighted by Gasteiger charge is 2.16. The van der Waals surface area contributed by atoms with Gasteiger partial charge in [-0.25, -0.2) is 0 Å². The fourth-order valence-electron chi connectivity index (χ4n) is 2.36. The second-order valence-corrected chi connectivity index (χ2v) is 7.02. The van der Waals surface area contributed by atoms with Gasteiger partial charge >= 0.3 is 0 Å². The third kappa shape index (κ3) is 3.64. The molecule has 0 aliphatic heterocycles. The van der Waals surface area contributed by atoms with Crippen LogP contribution < -0.4 is 5.30 Å². The Morgan fingerprint density at radius 3 is 2.04 bits per heavy atom. The van der Waals surface area contributed by atoms with Crippen LogP contribution in [0.25, 0.3) is 11.1 Å². The summed E-state index contributed by atoms with van der Waals surface area (Å²) in [4.78, 5) is 12.7. The van der Waals surface area contributed by atoms with Crippen molar-refractivity contribution >= 4 is 42.6 Å². The lowest BCUT2D eigenvalue weighted by molar-refractivity contribution is 0.108. The van der Waals surface area contributed by atoms with Crippen molar-refractivity contribution in [1.29, 1.82) is 0 Å². The SMILES string of the molecule is O=C(Pc1ccccc1-c1ccccc1)c1c(Cl)cccc1Cl. The molecular weight excluding hydrogens is 346 g/mol. The molecule has 0 radical (unpaired) electrons. The molecule has 1 unspecified atom stereocenters. The number of hydrogen-bond donors (Lipinski definition) is 0. The van der Waals surface area contributed by atoms with Crippen LogP contribution in [0.5, 0.6) is 0 Å². The van der Waals surface area contributed by atoms with Crippen molar-refractivity contribution in [3.8, 4) is 11.1 Å². The van der Waals surface area contributed by atoms with E-state index in [1.165, 1.54) is 0 Å². The lowest BCUT2D eigenvalue weighted by atomic mass is 10.1. The van der Waals surface area contributed by atoms with Crippen LogP contribution in [-0.2, 0) is 0 Å². The molecule has 3 rings (SSSR count). The van der Waals surface area contributed by atoms with Crippen LogP contribution in [0.1, 0.15) is 10.4 Å². The van der Waals surface area contributed by atoms with Crippen LogP contribution in [0.3, 0.4) is 0 Å². The minimum Gasteiger partial charge on any atom is -0.289 e. The Morgan fingerprint density at radius 2 is 1.35 bits per heavy atom. The smallest absolute Gasteiger partial charge is 0.188 e. The Hall–Kier alpha value is -1.66. The van der Waals surface area contributed by atoms with Gasteiger partial charge in [-0.05, 0) is 37.1 Å². The Bertz CT molecular complexity index is 827. The molecule has 0 aromatic heterocycles. The van der Waals surface area contributed by atoms with Gasteiger partial charge in [-0.15, -0.1) is 0 Å². The zero-order valence-electron chi connectivity index (χ0n) is 12.1. The Labute approximate surface area is 147 Å². The number of carbonyl (C=O) groups excluding carboxylic acids is 1. The third-order valence-corrected chi connectivity index (χ3v) is 5.26. The number of halogens is 2. The van der Waals surface area contributed by atoms with E-state index in [9.17, 15) is 4.79 Å². The van der Waals surface area contributed by atoms with Crippen LogP contribution in [0.15, 0.2) is 72.8 Å². The van der Waals surface area contributed by atoms with E-state index in [1.807, 2.05) is 54.6 Å².